The Hall–Kier alpha value is -3.64. The van der Waals surface area contributed by atoms with E-state index >= 15 is 0 Å². The molecule has 248 valence electrons. The molecule has 0 spiro atoms. The Labute approximate surface area is 270 Å². The fourth-order valence-corrected chi connectivity index (χ4v) is 5.66. The highest BCUT2D eigenvalue weighted by atomic mass is 32.2. The number of nitrogens with one attached hydrogen (secondary N) is 1. The SMILES string of the molecule is C=C/C1=C(\C=C/C)CCC(C(=O)OCCSCCO[N+](=O)[O-])N(C(=O)C(C)CNC(CCc2ccccc2)C(=O)OCC)CC1. The van der Waals surface area contributed by atoms with Crippen molar-refractivity contribution in [3.05, 3.63) is 82.0 Å². The number of carbonyl (C=O) groups is 3. The van der Waals surface area contributed by atoms with E-state index in [0.717, 1.165) is 16.7 Å². The maximum absolute atomic E-state index is 13.9. The average Bonchev–Trinajstić information content (AvgIpc) is 3.02. The molecule has 0 fully saturated rings. The number of aryl methyl sites for hydroxylation is 1. The average molecular weight is 646 g/mol. The number of hydrogen-bond acceptors (Lipinski definition) is 10. The first-order valence-electron chi connectivity index (χ1n) is 15.4. The zero-order chi connectivity index (χ0) is 33.0. The van der Waals surface area contributed by atoms with Crippen molar-refractivity contribution in [2.75, 3.05) is 44.4 Å². The van der Waals surface area contributed by atoms with Crippen molar-refractivity contribution in [1.29, 1.82) is 0 Å². The van der Waals surface area contributed by atoms with Crippen LogP contribution in [0.5, 0.6) is 0 Å². The van der Waals surface area contributed by atoms with E-state index in [1.807, 2.05) is 49.4 Å². The van der Waals surface area contributed by atoms with Crippen LogP contribution in [0.1, 0.15) is 52.0 Å². The molecule has 0 bridgehead atoms. The third-order valence-corrected chi connectivity index (χ3v) is 8.30. The first-order valence-corrected chi connectivity index (χ1v) is 16.6. The number of esters is 2. The van der Waals surface area contributed by atoms with Crippen LogP contribution < -0.4 is 5.32 Å². The molecule has 0 saturated carbocycles. The van der Waals surface area contributed by atoms with Crippen LogP contribution in [-0.4, -0.2) is 84.3 Å². The van der Waals surface area contributed by atoms with Crippen LogP contribution in [0, 0.1) is 16.0 Å². The van der Waals surface area contributed by atoms with Gasteiger partial charge in [0.05, 0.1) is 6.61 Å². The molecule has 1 aromatic rings. The number of carbonyl (C=O) groups excluding carboxylic acids is 3. The van der Waals surface area contributed by atoms with E-state index < -0.39 is 29.1 Å². The molecule has 0 saturated heterocycles. The highest BCUT2D eigenvalue weighted by Crippen LogP contribution is 2.26. The zero-order valence-electron chi connectivity index (χ0n) is 26.6. The van der Waals surface area contributed by atoms with Crippen molar-refractivity contribution in [3.8, 4) is 0 Å². The van der Waals surface area contributed by atoms with Gasteiger partial charge < -0.3 is 24.5 Å². The molecule has 3 unspecified atom stereocenters. The number of hydrogen-bond donors (Lipinski definition) is 1. The number of rotatable bonds is 19. The van der Waals surface area contributed by atoms with Crippen molar-refractivity contribution in [2.24, 2.45) is 5.92 Å². The van der Waals surface area contributed by atoms with Crippen molar-refractivity contribution in [1.82, 2.24) is 10.2 Å². The zero-order valence-corrected chi connectivity index (χ0v) is 27.4. The predicted octanol–water partition coefficient (Wildman–Crippen LogP) is 4.70. The molecule has 2 rings (SSSR count). The van der Waals surface area contributed by atoms with E-state index in [1.54, 1.807) is 24.8 Å². The van der Waals surface area contributed by atoms with Gasteiger partial charge in [0.25, 0.3) is 5.09 Å². The molecule has 1 N–H and O–H groups in total. The van der Waals surface area contributed by atoms with Gasteiger partial charge in [-0.25, -0.2) is 4.79 Å². The highest BCUT2D eigenvalue weighted by Gasteiger charge is 2.35. The summed E-state index contributed by atoms with van der Waals surface area (Å²) in [5.74, 6) is -0.760. The van der Waals surface area contributed by atoms with E-state index in [1.165, 1.54) is 11.8 Å². The van der Waals surface area contributed by atoms with Gasteiger partial charge in [-0.3, -0.25) is 9.59 Å². The summed E-state index contributed by atoms with van der Waals surface area (Å²) in [6.45, 7) is 10.3. The largest absolute Gasteiger partial charge is 0.465 e. The Balaban J connectivity index is 2.12. The molecule has 0 radical (unpaired) electrons. The monoisotopic (exact) mass is 645 g/mol. The van der Waals surface area contributed by atoms with Crippen LogP contribution >= 0.6 is 11.8 Å². The lowest BCUT2D eigenvalue weighted by molar-refractivity contribution is -0.756. The minimum atomic E-state index is -0.840. The Morgan fingerprint density at radius 2 is 1.89 bits per heavy atom. The predicted molar refractivity (Wildman–Crippen MR) is 175 cm³/mol. The fraction of sp³-hybridized carbons (Fsp3) is 0.545. The van der Waals surface area contributed by atoms with Crippen molar-refractivity contribution >= 4 is 29.6 Å². The standard InChI is InChI=1S/C33H47N3O8S/c1-5-11-28-15-17-30(33(39)43-20-22-45-23-21-44-36(40)41)35(19-18-27(28)6-2)31(37)25(4)24-34-29(32(38)42-7-3)16-14-26-12-9-8-10-13-26/h5-6,8-13,25,29-30,34H,2,7,14-24H2,1,3-4H3/b11-5-,28-27-. The molecule has 11 nitrogen and oxygen atoms in total. The smallest absolute Gasteiger partial charge is 0.328 e. The first kappa shape index (κ1) is 37.5. The Morgan fingerprint density at radius 1 is 1.16 bits per heavy atom. The number of amides is 1. The van der Waals surface area contributed by atoms with E-state index in [0.29, 0.717) is 50.2 Å². The normalized spacial score (nSPS) is 18.4. The summed E-state index contributed by atoms with van der Waals surface area (Å²) in [4.78, 5) is 56.2. The third-order valence-electron chi connectivity index (χ3n) is 7.39. The van der Waals surface area contributed by atoms with Crippen molar-refractivity contribution in [3.63, 3.8) is 0 Å². The van der Waals surface area contributed by atoms with Crippen LogP contribution in [0.2, 0.25) is 0 Å². The molecule has 0 aliphatic carbocycles. The summed E-state index contributed by atoms with van der Waals surface area (Å²) in [6.07, 6.45) is 8.44. The number of nitrogens with zero attached hydrogens (tertiary/aromatic N) is 2. The van der Waals surface area contributed by atoms with Gasteiger partial charge in [0.1, 0.15) is 25.3 Å². The van der Waals surface area contributed by atoms with Gasteiger partial charge in [-0.05, 0) is 62.7 Å². The summed E-state index contributed by atoms with van der Waals surface area (Å²) in [5, 5.41) is 12.7. The Morgan fingerprint density at radius 3 is 2.56 bits per heavy atom. The number of ether oxygens (including phenoxy) is 2. The molecule has 1 aliphatic rings. The summed E-state index contributed by atoms with van der Waals surface area (Å²) in [5.41, 5.74) is 3.20. The molecule has 45 heavy (non-hydrogen) atoms. The molecular formula is C33H47N3O8S. The second-order valence-corrected chi connectivity index (χ2v) is 11.8. The number of thioether (sulfide) groups is 1. The van der Waals surface area contributed by atoms with E-state index in [4.69, 9.17) is 9.47 Å². The highest BCUT2D eigenvalue weighted by molar-refractivity contribution is 7.99. The molecule has 0 aromatic heterocycles. The van der Waals surface area contributed by atoms with Crippen LogP contribution in [-0.2, 0) is 35.1 Å². The minimum absolute atomic E-state index is 0.0442. The third kappa shape index (κ3) is 13.5. The second-order valence-electron chi connectivity index (χ2n) is 10.6. The van der Waals surface area contributed by atoms with E-state index in [2.05, 4.69) is 16.7 Å². The summed E-state index contributed by atoms with van der Waals surface area (Å²) in [7, 11) is 0. The van der Waals surface area contributed by atoms with Crippen molar-refractivity contribution in [2.45, 2.75) is 65.0 Å². The Bertz CT molecular complexity index is 1170. The summed E-state index contributed by atoms with van der Waals surface area (Å²) < 4.78 is 10.9. The lowest BCUT2D eigenvalue weighted by Gasteiger charge is -2.35. The second kappa shape index (κ2) is 21.2. The van der Waals surface area contributed by atoms with Gasteiger partial charge in [-0.2, -0.15) is 11.8 Å². The van der Waals surface area contributed by atoms with Gasteiger partial charge in [0.15, 0.2) is 0 Å². The van der Waals surface area contributed by atoms with E-state index in [9.17, 15) is 24.5 Å². The summed E-state index contributed by atoms with van der Waals surface area (Å²) >= 11 is 1.37. The molecule has 1 aromatic carbocycles. The molecule has 1 heterocycles. The lowest BCUT2D eigenvalue weighted by Crippen LogP contribution is -2.51. The maximum Gasteiger partial charge on any atom is 0.328 e. The lowest BCUT2D eigenvalue weighted by atomic mass is 9.93. The topological polar surface area (TPSA) is 137 Å². The van der Waals surface area contributed by atoms with Crippen LogP contribution in [0.25, 0.3) is 0 Å². The van der Waals surface area contributed by atoms with Crippen LogP contribution in [0.3, 0.4) is 0 Å². The number of allylic oxidation sites excluding steroid dienone is 4. The minimum Gasteiger partial charge on any atom is -0.465 e. The van der Waals surface area contributed by atoms with Gasteiger partial charge in [0.2, 0.25) is 5.91 Å². The molecule has 1 aliphatic heterocycles. The molecule has 12 heteroatoms. The van der Waals surface area contributed by atoms with Gasteiger partial charge in [-0.15, -0.1) is 10.1 Å². The van der Waals surface area contributed by atoms with E-state index in [-0.39, 0.29) is 38.2 Å². The summed E-state index contributed by atoms with van der Waals surface area (Å²) in [6, 6.07) is 8.50. The Kier molecular flexibility index (Phi) is 17.7. The van der Waals surface area contributed by atoms with Gasteiger partial charge in [0, 0.05) is 30.5 Å². The number of benzene rings is 1. The van der Waals surface area contributed by atoms with Crippen molar-refractivity contribution < 1.29 is 33.8 Å². The molecular weight excluding hydrogens is 598 g/mol. The van der Waals surface area contributed by atoms with Gasteiger partial charge >= 0.3 is 11.9 Å². The molecule has 3 atom stereocenters. The molecule has 1 amide bonds. The van der Waals surface area contributed by atoms with Gasteiger partial charge in [-0.1, -0.05) is 62.1 Å². The van der Waals surface area contributed by atoms with Crippen LogP contribution in [0.4, 0.5) is 0 Å². The first-order chi connectivity index (χ1) is 21.7. The van der Waals surface area contributed by atoms with Crippen LogP contribution in [0.15, 0.2) is 66.3 Å². The fourth-order valence-electron chi connectivity index (χ4n) is 5.06. The maximum atomic E-state index is 13.9. The quantitative estimate of drug-likeness (QED) is 0.0975.